The SMILES string of the molecule is CCCN(CCN(C)C)c1c(F)cccc1C=O. The standard InChI is InChI=1S/C14H21FN2O/c1-4-8-17(10-9-16(2)3)14-12(11-18)6-5-7-13(14)15/h5-7,11H,4,8-10H2,1-3H3. The molecule has 1 aromatic carbocycles. The van der Waals surface area contributed by atoms with Gasteiger partial charge in [-0.25, -0.2) is 4.39 Å². The Balaban J connectivity index is 3.00. The molecule has 0 atom stereocenters. The van der Waals surface area contributed by atoms with Crippen LogP contribution in [0.5, 0.6) is 0 Å². The highest BCUT2D eigenvalue weighted by molar-refractivity contribution is 5.84. The molecule has 0 amide bonds. The molecule has 0 unspecified atom stereocenters. The summed E-state index contributed by atoms with van der Waals surface area (Å²) >= 11 is 0. The number of aldehydes is 1. The first-order chi connectivity index (χ1) is 8.60. The second kappa shape index (κ2) is 7.11. The Hall–Kier alpha value is -1.42. The number of nitrogens with zero attached hydrogens (tertiary/aromatic N) is 2. The van der Waals surface area contributed by atoms with E-state index in [9.17, 15) is 9.18 Å². The summed E-state index contributed by atoms with van der Waals surface area (Å²) < 4.78 is 13.9. The van der Waals surface area contributed by atoms with Crippen molar-refractivity contribution in [2.75, 3.05) is 38.6 Å². The van der Waals surface area contributed by atoms with Crippen molar-refractivity contribution in [2.45, 2.75) is 13.3 Å². The number of hydrogen-bond donors (Lipinski definition) is 0. The lowest BCUT2D eigenvalue weighted by molar-refractivity contribution is 0.112. The Morgan fingerprint density at radius 3 is 2.50 bits per heavy atom. The molecule has 0 aliphatic carbocycles. The van der Waals surface area contributed by atoms with Crippen molar-refractivity contribution < 1.29 is 9.18 Å². The summed E-state index contributed by atoms with van der Waals surface area (Å²) in [6.45, 7) is 4.33. The van der Waals surface area contributed by atoms with E-state index >= 15 is 0 Å². The molecule has 0 aliphatic rings. The predicted octanol–water partition coefficient (Wildman–Crippen LogP) is 2.42. The van der Waals surface area contributed by atoms with E-state index in [2.05, 4.69) is 0 Å². The average molecular weight is 252 g/mol. The lowest BCUT2D eigenvalue weighted by Crippen LogP contribution is -2.33. The summed E-state index contributed by atoms with van der Waals surface area (Å²) in [5.74, 6) is -0.327. The van der Waals surface area contributed by atoms with Crippen molar-refractivity contribution in [1.29, 1.82) is 0 Å². The molecule has 4 heteroatoms. The summed E-state index contributed by atoms with van der Waals surface area (Å²) in [5.41, 5.74) is 0.846. The average Bonchev–Trinajstić information content (AvgIpc) is 2.34. The molecule has 1 aromatic rings. The highest BCUT2D eigenvalue weighted by Gasteiger charge is 2.15. The Labute approximate surface area is 108 Å². The summed E-state index contributed by atoms with van der Waals surface area (Å²) in [6.07, 6.45) is 1.64. The number of halogens is 1. The number of carbonyl (C=O) groups excluding carboxylic acids is 1. The van der Waals surface area contributed by atoms with Gasteiger partial charge >= 0.3 is 0 Å². The van der Waals surface area contributed by atoms with Crippen LogP contribution in [0.4, 0.5) is 10.1 Å². The first kappa shape index (κ1) is 14.6. The van der Waals surface area contributed by atoms with Crippen molar-refractivity contribution in [3.63, 3.8) is 0 Å². The molecular weight excluding hydrogens is 231 g/mol. The molecule has 0 bridgehead atoms. The molecule has 0 aromatic heterocycles. The molecule has 1 rings (SSSR count). The number of likely N-dealkylation sites (N-methyl/N-ethyl adjacent to an activating group) is 1. The fourth-order valence-corrected chi connectivity index (χ4v) is 1.89. The van der Waals surface area contributed by atoms with E-state index in [0.29, 0.717) is 17.8 Å². The minimum absolute atomic E-state index is 0.327. The van der Waals surface area contributed by atoms with Crippen LogP contribution in [-0.2, 0) is 0 Å². The number of rotatable bonds is 7. The molecule has 0 saturated carbocycles. The molecule has 0 saturated heterocycles. The van der Waals surface area contributed by atoms with Crippen molar-refractivity contribution in [1.82, 2.24) is 4.90 Å². The maximum absolute atomic E-state index is 13.9. The lowest BCUT2D eigenvalue weighted by atomic mass is 10.1. The van der Waals surface area contributed by atoms with Gasteiger partial charge in [0.1, 0.15) is 5.82 Å². The molecule has 3 nitrogen and oxygen atoms in total. The van der Waals surface area contributed by atoms with Gasteiger partial charge in [0, 0.05) is 25.2 Å². The maximum Gasteiger partial charge on any atom is 0.152 e. The smallest absolute Gasteiger partial charge is 0.152 e. The maximum atomic E-state index is 13.9. The van der Waals surface area contributed by atoms with Gasteiger partial charge in [-0.05, 0) is 32.6 Å². The summed E-state index contributed by atoms with van der Waals surface area (Å²) in [5, 5.41) is 0. The normalized spacial score (nSPS) is 10.7. The third-order valence-electron chi connectivity index (χ3n) is 2.77. The van der Waals surface area contributed by atoms with Crippen LogP contribution in [0.1, 0.15) is 23.7 Å². The van der Waals surface area contributed by atoms with Crippen LogP contribution in [-0.4, -0.2) is 44.9 Å². The zero-order valence-electron chi connectivity index (χ0n) is 11.3. The quantitative estimate of drug-likeness (QED) is 0.696. The highest BCUT2D eigenvalue weighted by Crippen LogP contribution is 2.23. The van der Waals surface area contributed by atoms with Crippen molar-refractivity contribution in [2.24, 2.45) is 0 Å². The third-order valence-corrected chi connectivity index (χ3v) is 2.77. The molecule has 100 valence electrons. The topological polar surface area (TPSA) is 23.6 Å². The zero-order chi connectivity index (χ0) is 13.5. The first-order valence-corrected chi connectivity index (χ1v) is 6.23. The van der Waals surface area contributed by atoms with Crippen LogP contribution in [0.2, 0.25) is 0 Å². The molecule has 0 N–H and O–H groups in total. The Bertz CT molecular complexity index is 393. The molecule has 0 fully saturated rings. The van der Waals surface area contributed by atoms with Gasteiger partial charge in [0.25, 0.3) is 0 Å². The number of benzene rings is 1. The zero-order valence-corrected chi connectivity index (χ0v) is 11.3. The third kappa shape index (κ3) is 3.81. The van der Waals surface area contributed by atoms with Gasteiger partial charge < -0.3 is 9.80 Å². The first-order valence-electron chi connectivity index (χ1n) is 6.23. The van der Waals surface area contributed by atoms with E-state index in [0.717, 1.165) is 25.8 Å². The van der Waals surface area contributed by atoms with Gasteiger partial charge in [0.15, 0.2) is 6.29 Å². The van der Waals surface area contributed by atoms with Crippen molar-refractivity contribution >= 4 is 12.0 Å². The van der Waals surface area contributed by atoms with Crippen molar-refractivity contribution in [3.8, 4) is 0 Å². The van der Waals surface area contributed by atoms with E-state index < -0.39 is 0 Å². The summed E-state index contributed by atoms with van der Waals surface area (Å²) in [4.78, 5) is 15.0. The fraction of sp³-hybridized carbons (Fsp3) is 0.500. The second-order valence-corrected chi connectivity index (χ2v) is 4.59. The summed E-state index contributed by atoms with van der Waals surface area (Å²) in [6, 6.07) is 4.63. The number of para-hydroxylation sites is 1. The van der Waals surface area contributed by atoms with E-state index in [1.54, 1.807) is 12.1 Å². The van der Waals surface area contributed by atoms with Crippen LogP contribution < -0.4 is 4.90 Å². The van der Waals surface area contributed by atoms with Gasteiger partial charge in [-0.15, -0.1) is 0 Å². The second-order valence-electron chi connectivity index (χ2n) is 4.59. The van der Waals surface area contributed by atoms with Crippen LogP contribution in [0.25, 0.3) is 0 Å². The highest BCUT2D eigenvalue weighted by atomic mass is 19.1. The number of anilines is 1. The Morgan fingerprint density at radius 1 is 1.22 bits per heavy atom. The van der Waals surface area contributed by atoms with Gasteiger partial charge in [0.05, 0.1) is 5.69 Å². The van der Waals surface area contributed by atoms with Gasteiger partial charge in [-0.2, -0.15) is 0 Å². The lowest BCUT2D eigenvalue weighted by Gasteiger charge is -2.27. The van der Waals surface area contributed by atoms with Crippen LogP contribution in [0, 0.1) is 5.82 Å². The Morgan fingerprint density at radius 2 is 1.94 bits per heavy atom. The van der Waals surface area contributed by atoms with E-state index in [4.69, 9.17) is 0 Å². The van der Waals surface area contributed by atoms with E-state index in [-0.39, 0.29) is 5.82 Å². The van der Waals surface area contributed by atoms with E-state index in [1.165, 1.54) is 6.07 Å². The fourth-order valence-electron chi connectivity index (χ4n) is 1.89. The van der Waals surface area contributed by atoms with Gasteiger partial charge in [-0.1, -0.05) is 13.0 Å². The summed E-state index contributed by atoms with van der Waals surface area (Å²) in [7, 11) is 3.96. The van der Waals surface area contributed by atoms with Crippen LogP contribution >= 0.6 is 0 Å². The molecule has 0 radical (unpaired) electrons. The van der Waals surface area contributed by atoms with Gasteiger partial charge in [0.2, 0.25) is 0 Å². The monoisotopic (exact) mass is 252 g/mol. The molecule has 0 spiro atoms. The minimum Gasteiger partial charge on any atom is -0.367 e. The van der Waals surface area contributed by atoms with Crippen molar-refractivity contribution in [3.05, 3.63) is 29.6 Å². The molecule has 18 heavy (non-hydrogen) atoms. The predicted molar refractivity (Wildman–Crippen MR) is 72.8 cm³/mol. The molecule has 0 aliphatic heterocycles. The van der Waals surface area contributed by atoms with Crippen LogP contribution in [0.15, 0.2) is 18.2 Å². The minimum atomic E-state index is -0.327. The Kier molecular flexibility index (Phi) is 5.78. The number of hydrogen-bond acceptors (Lipinski definition) is 3. The molecular formula is C14H21FN2O. The number of carbonyl (C=O) groups is 1. The van der Waals surface area contributed by atoms with Crippen LogP contribution in [0.3, 0.4) is 0 Å². The van der Waals surface area contributed by atoms with Gasteiger partial charge in [-0.3, -0.25) is 4.79 Å². The van der Waals surface area contributed by atoms with E-state index in [1.807, 2.05) is 30.8 Å². The largest absolute Gasteiger partial charge is 0.367 e. The molecule has 0 heterocycles.